The summed E-state index contributed by atoms with van der Waals surface area (Å²) in [7, 11) is 0. The molecule has 0 aliphatic rings. The van der Waals surface area contributed by atoms with Crippen LogP contribution in [-0.4, -0.2) is 4.98 Å². The van der Waals surface area contributed by atoms with Crippen LogP contribution in [0.2, 0.25) is 4.34 Å². The van der Waals surface area contributed by atoms with Gasteiger partial charge in [-0.15, -0.1) is 11.3 Å². The smallest absolute Gasteiger partial charge is 0.107 e. The number of hydrogen-bond acceptors (Lipinski definition) is 3. The second kappa shape index (κ2) is 5.96. The van der Waals surface area contributed by atoms with Crippen molar-refractivity contribution in [3.8, 4) is 0 Å². The first-order chi connectivity index (χ1) is 8.16. The van der Waals surface area contributed by atoms with Crippen molar-refractivity contribution in [2.45, 2.75) is 20.0 Å². The summed E-state index contributed by atoms with van der Waals surface area (Å²) in [5.74, 6) is 0. The Kier molecular flexibility index (Phi) is 4.56. The van der Waals surface area contributed by atoms with E-state index in [0.29, 0.717) is 0 Å². The predicted octanol–water partition coefficient (Wildman–Crippen LogP) is 4.16. The number of thiophene rings is 1. The van der Waals surface area contributed by atoms with Crippen LogP contribution in [-0.2, 0) is 13.1 Å². The second-order valence-corrected chi connectivity index (χ2v) is 6.33. The van der Waals surface area contributed by atoms with Gasteiger partial charge in [0.2, 0.25) is 0 Å². The Morgan fingerprint density at radius 2 is 2.29 bits per heavy atom. The number of aryl methyl sites for hydroxylation is 1. The van der Waals surface area contributed by atoms with E-state index in [1.165, 1.54) is 16.0 Å². The SMILES string of the molecule is Cc1ccncc1CNCc1cc(Br)c(Cl)s1. The minimum absolute atomic E-state index is 0.805. The molecule has 0 saturated heterocycles. The molecular formula is C12H12BrClN2S. The molecule has 0 amide bonds. The molecule has 2 aromatic heterocycles. The quantitative estimate of drug-likeness (QED) is 0.910. The third kappa shape index (κ3) is 3.52. The van der Waals surface area contributed by atoms with E-state index < -0.39 is 0 Å². The molecule has 0 aliphatic heterocycles. The van der Waals surface area contributed by atoms with Crippen molar-refractivity contribution in [1.82, 2.24) is 10.3 Å². The Labute approximate surface area is 118 Å². The Morgan fingerprint density at radius 3 is 2.94 bits per heavy atom. The minimum atomic E-state index is 0.805. The maximum atomic E-state index is 5.98. The van der Waals surface area contributed by atoms with Crippen LogP contribution in [0.4, 0.5) is 0 Å². The molecule has 2 aromatic rings. The van der Waals surface area contributed by atoms with Crippen molar-refractivity contribution in [1.29, 1.82) is 0 Å². The molecule has 2 nitrogen and oxygen atoms in total. The Balaban J connectivity index is 1.90. The molecule has 0 fully saturated rings. The van der Waals surface area contributed by atoms with Crippen LogP contribution in [0.3, 0.4) is 0 Å². The van der Waals surface area contributed by atoms with Crippen LogP contribution in [0.5, 0.6) is 0 Å². The van der Waals surface area contributed by atoms with Gasteiger partial charge in [0.1, 0.15) is 4.34 Å². The zero-order valence-electron chi connectivity index (χ0n) is 9.34. The van der Waals surface area contributed by atoms with Crippen LogP contribution in [0.15, 0.2) is 29.0 Å². The van der Waals surface area contributed by atoms with Crippen LogP contribution in [0.1, 0.15) is 16.0 Å². The van der Waals surface area contributed by atoms with Crippen molar-refractivity contribution in [2.24, 2.45) is 0 Å². The van der Waals surface area contributed by atoms with Gasteiger partial charge in [-0.3, -0.25) is 4.98 Å². The predicted molar refractivity (Wildman–Crippen MR) is 76.5 cm³/mol. The molecule has 0 bridgehead atoms. The number of pyridine rings is 1. The lowest BCUT2D eigenvalue weighted by molar-refractivity contribution is 0.695. The summed E-state index contributed by atoms with van der Waals surface area (Å²) in [5, 5.41) is 3.39. The number of rotatable bonds is 4. The van der Waals surface area contributed by atoms with Crippen molar-refractivity contribution < 1.29 is 0 Å². The van der Waals surface area contributed by atoms with Crippen LogP contribution in [0.25, 0.3) is 0 Å². The van der Waals surface area contributed by atoms with Gasteiger partial charge in [0.05, 0.1) is 0 Å². The zero-order chi connectivity index (χ0) is 12.3. The van der Waals surface area contributed by atoms with Gasteiger partial charge >= 0.3 is 0 Å². The molecule has 2 rings (SSSR count). The van der Waals surface area contributed by atoms with Crippen molar-refractivity contribution in [3.05, 3.63) is 49.3 Å². The fourth-order valence-corrected chi connectivity index (χ4v) is 3.24. The van der Waals surface area contributed by atoms with Gasteiger partial charge in [-0.1, -0.05) is 11.6 Å². The highest BCUT2D eigenvalue weighted by atomic mass is 79.9. The number of nitrogens with one attached hydrogen (secondary N) is 1. The highest BCUT2D eigenvalue weighted by Gasteiger charge is 2.04. The number of nitrogens with zero attached hydrogens (tertiary/aromatic N) is 1. The lowest BCUT2D eigenvalue weighted by atomic mass is 10.1. The molecule has 0 radical (unpaired) electrons. The molecular weight excluding hydrogens is 320 g/mol. The lowest BCUT2D eigenvalue weighted by Gasteiger charge is -2.05. The average Bonchev–Trinajstić information content (AvgIpc) is 2.61. The van der Waals surface area contributed by atoms with E-state index in [1.54, 1.807) is 11.3 Å². The van der Waals surface area contributed by atoms with Gasteiger partial charge in [0.15, 0.2) is 0 Å². The number of aromatic nitrogens is 1. The maximum Gasteiger partial charge on any atom is 0.107 e. The Bertz CT molecular complexity index is 493. The van der Waals surface area contributed by atoms with E-state index in [4.69, 9.17) is 11.6 Å². The first-order valence-electron chi connectivity index (χ1n) is 5.20. The monoisotopic (exact) mass is 330 g/mol. The molecule has 0 unspecified atom stereocenters. The van der Waals surface area contributed by atoms with Gasteiger partial charge < -0.3 is 5.32 Å². The molecule has 0 saturated carbocycles. The fraction of sp³-hybridized carbons (Fsp3) is 0.250. The number of halogens is 2. The summed E-state index contributed by atoms with van der Waals surface area (Å²) in [5.41, 5.74) is 2.49. The molecule has 5 heteroatoms. The van der Waals surface area contributed by atoms with Gasteiger partial charge in [-0.25, -0.2) is 0 Å². The van der Waals surface area contributed by atoms with E-state index in [-0.39, 0.29) is 0 Å². The summed E-state index contributed by atoms with van der Waals surface area (Å²) >= 11 is 11.0. The topological polar surface area (TPSA) is 24.9 Å². The largest absolute Gasteiger partial charge is 0.308 e. The zero-order valence-corrected chi connectivity index (χ0v) is 12.5. The summed E-state index contributed by atoms with van der Waals surface area (Å²) < 4.78 is 1.78. The van der Waals surface area contributed by atoms with Crippen molar-refractivity contribution in [2.75, 3.05) is 0 Å². The van der Waals surface area contributed by atoms with Gasteiger partial charge in [0, 0.05) is 34.8 Å². The van der Waals surface area contributed by atoms with E-state index in [0.717, 1.165) is 21.9 Å². The van der Waals surface area contributed by atoms with Gasteiger partial charge in [0.25, 0.3) is 0 Å². The summed E-state index contributed by atoms with van der Waals surface area (Å²) in [6.07, 6.45) is 3.72. The van der Waals surface area contributed by atoms with Crippen LogP contribution in [0, 0.1) is 6.92 Å². The molecule has 0 atom stereocenters. The third-order valence-corrected chi connectivity index (χ3v) is 4.93. The highest BCUT2D eigenvalue weighted by molar-refractivity contribution is 9.10. The Morgan fingerprint density at radius 1 is 1.47 bits per heavy atom. The highest BCUT2D eigenvalue weighted by Crippen LogP contribution is 2.31. The number of hydrogen-bond donors (Lipinski definition) is 1. The third-order valence-electron chi connectivity index (χ3n) is 2.46. The molecule has 17 heavy (non-hydrogen) atoms. The minimum Gasteiger partial charge on any atom is -0.308 e. The first-order valence-corrected chi connectivity index (χ1v) is 7.19. The van der Waals surface area contributed by atoms with E-state index in [2.05, 4.69) is 39.2 Å². The molecule has 0 aliphatic carbocycles. The summed E-state index contributed by atoms with van der Waals surface area (Å²) in [4.78, 5) is 5.35. The maximum absolute atomic E-state index is 5.98. The van der Waals surface area contributed by atoms with Crippen molar-refractivity contribution >= 4 is 38.9 Å². The lowest BCUT2D eigenvalue weighted by Crippen LogP contribution is -2.12. The fourth-order valence-electron chi connectivity index (χ4n) is 1.48. The van der Waals surface area contributed by atoms with Crippen LogP contribution >= 0.6 is 38.9 Å². The molecule has 1 N–H and O–H groups in total. The molecule has 0 spiro atoms. The van der Waals surface area contributed by atoms with Crippen molar-refractivity contribution in [3.63, 3.8) is 0 Å². The molecule has 0 aromatic carbocycles. The van der Waals surface area contributed by atoms with Crippen LogP contribution < -0.4 is 5.32 Å². The standard InChI is InChI=1S/C12H12BrClN2S/c1-8-2-3-15-5-9(8)6-16-7-10-4-11(13)12(14)17-10/h2-5,16H,6-7H2,1H3. The van der Waals surface area contributed by atoms with Gasteiger partial charge in [-0.2, -0.15) is 0 Å². The van der Waals surface area contributed by atoms with E-state index in [1.807, 2.05) is 18.5 Å². The first kappa shape index (κ1) is 13.0. The summed E-state index contributed by atoms with van der Waals surface area (Å²) in [6.45, 7) is 3.74. The van der Waals surface area contributed by atoms with E-state index in [9.17, 15) is 0 Å². The molecule has 2 heterocycles. The summed E-state index contributed by atoms with van der Waals surface area (Å²) in [6, 6.07) is 4.08. The normalized spacial score (nSPS) is 10.8. The molecule has 90 valence electrons. The van der Waals surface area contributed by atoms with E-state index >= 15 is 0 Å². The Hall–Kier alpha value is -0.420. The average molecular weight is 332 g/mol. The second-order valence-electron chi connectivity index (χ2n) is 3.74. The van der Waals surface area contributed by atoms with Gasteiger partial charge in [-0.05, 0) is 46.1 Å².